The number of carbonyl (C=O) groups excluding carboxylic acids is 2. The summed E-state index contributed by atoms with van der Waals surface area (Å²) >= 11 is 0. The van der Waals surface area contributed by atoms with E-state index in [1.807, 2.05) is 18.2 Å². The van der Waals surface area contributed by atoms with Crippen molar-refractivity contribution in [3.8, 4) is 0 Å². The zero-order chi connectivity index (χ0) is 14.9. The van der Waals surface area contributed by atoms with E-state index in [1.54, 1.807) is 30.9 Å². The van der Waals surface area contributed by atoms with Crippen LogP contribution in [0.4, 0.5) is 0 Å². The highest BCUT2D eigenvalue weighted by molar-refractivity contribution is 5.96. The summed E-state index contributed by atoms with van der Waals surface area (Å²) < 4.78 is 0. The molecule has 0 aliphatic heterocycles. The molecule has 108 valence electrons. The number of amides is 2. The van der Waals surface area contributed by atoms with Gasteiger partial charge in [-0.05, 0) is 29.3 Å². The van der Waals surface area contributed by atoms with Gasteiger partial charge in [0.15, 0.2) is 0 Å². The van der Waals surface area contributed by atoms with Crippen molar-refractivity contribution in [1.29, 1.82) is 0 Å². The summed E-state index contributed by atoms with van der Waals surface area (Å²) in [6.45, 7) is 0.752. The lowest BCUT2D eigenvalue weighted by atomic mass is 10.2. The molecule has 2 heterocycles. The highest BCUT2D eigenvalue weighted by Crippen LogP contribution is 1.96. The Hall–Kier alpha value is -2.76. The highest BCUT2D eigenvalue weighted by Gasteiger charge is 2.08. The molecule has 0 aromatic carbocycles. The Labute approximate surface area is 122 Å². The number of rotatable bonds is 6. The summed E-state index contributed by atoms with van der Waals surface area (Å²) in [5.74, 6) is -0.624. The van der Waals surface area contributed by atoms with Crippen molar-refractivity contribution in [3.63, 3.8) is 0 Å². The monoisotopic (exact) mass is 284 g/mol. The lowest BCUT2D eigenvalue weighted by molar-refractivity contribution is -0.129. The molecular formula is C15H16N4O2. The molecule has 0 unspecified atom stereocenters. The first-order valence-electron chi connectivity index (χ1n) is 6.55. The SMILES string of the molecule is O=C(CC(=O)NCc1cccnc1)NCc1ccncc1. The van der Waals surface area contributed by atoms with Gasteiger partial charge in [-0.2, -0.15) is 0 Å². The Morgan fingerprint density at radius 2 is 1.52 bits per heavy atom. The first kappa shape index (κ1) is 14.6. The van der Waals surface area contributed by atoms with Crippen molar-refractivity contribution in [3.05, 3.63) is 60.2 Å². The number of carbonyl (C=O) groups is 2. The van der Waals surface area contributed by atoms with Crippen LogP contribution in [0.5, 0.6) is 0 Å². The van der Waals surface area contributed by atoms with Crippen molar-refractivity contribution in [2.75, 3.05) is 0 Å². The number of hydrogen-bond donors (Lipinski definition) is 2. The van der Waals surface area contributed by atoms with E-state index in [-0.39, 0.29) is 18.2 Å². The molecule has 0 atom stereocenters. The standard InChI is InChI=1S/C15H16N4O2/c20-14(18-10-12-3-6-16-7-4-12)8-15(21)19-11-13-2-1-5-17-9-13/h1-7,9H,8,10-11H2,(H,18,20)(H,19,21). The minimum atomic E-state index is -0.314. The van der Waals surface area contributed by atoms with Gasteiger partial charge in [-0.15, -0.1) is 0 Å². The Balaban J connectivity index is 1.69. The fraction of sp³-hybridized carbons (Fsp3) is 0.200. The molecule has 0 saturated heterocycles. The second-order valence-electron chi connectivity index (χ2n) is 4.45. The first-order chi connectivity index (χ1) is 10.2. The van der Waals surface area contributed by atoms with Gasteiger partial charge in [0.25, 0.3) is 0 Å². The van der Waals surface area contributed by atoms with E-state index in [0.29, 0.717) is 13.1 Å². The van der Waals surface area contributed by atoms with Crippen LogP contribution < -0.4 is 10.6 Å². The summed E-state index contributed by atoms with van der Waals surface area (Å²) in [4.78, 5) is 31.1. The summed E-state index contributed by atoms with van der Waals surface area (Å²) in [7, 11) is 0. The Morgan fingerprint density at radius 1 is 0.857 bits per heavy atom. The van der Waals surface area contributed by atoms with Gasteiger partial charge in [-0.1, -0.05) is 6.07 Å². The summed E-state index contributed by atoms with van der Waals surface area (Å²) in [6, 6.07) is 7.27. The van der Waals surface area contributed by atoms with Gasteiger partial charge in [-0.25, -0.2) is 0 Å². The van der Waals surface area contributed by atoms with Crippen LogP contribution in [0.25, 0.3) is 0 Å². The molecule has 2 aromatic rings. The van der Waals surface area contributed by atoms with Crippen LogP contribution >= 0.6 is 0 Å². The van der Waals surface area contributed by atoms with Gasteiger partial charge >= 0.3 is 0 Å². The van der Waals surface area contributed by atoms with E-state index >= 15 is 0 Å². The van der Waals surface area contributed by atoms with E-state index in [1.165, 1.54) is 0 Å². The van der Waals surface area contributed by atoms with E-state index in [0.717, 1.165) is 11.1 Å². The Bertz CT molecular complexity index is 534. The molecule has 21 heavy (non-hydrogen) atoms. The van der Waals surface area contributed by atoms with Crippen molar-refractivity contribution >= 4 is 11.8 Å². The van der Waals surface area contributed by atoms with Crippen LogP contribution in [0, 0.1) is 0 Å². The first-order valence-corrected chi connectivity index (χ1v) is 6.55. The molecular weight excluding hydrogens is 268 g/mol. The van der Waals surface area contributed by atoms with Crippen LogP contribution in [0.15, 0.2) is 49.1 Å². The lowest BCUT2D eigenvalue weighted by Crippen LogP contribution is -2.31. The number of nitrogens with one attached hydrogen (secondary N) is 2. The van der Waals surface area contributed by atoms with Crippen molar-refractivity contribution in [1.82, 2.24) is 20.6 Å². The van der Waals surface area contributed by atoms with E-state index in [2.05, 4.69) is 20.6 Å². The van der Waals surface area contributed by atoms with Crippen LogP contribution in [-0.4, -0.2) is 21.8 Å². The van der Waals surface area contributed by atoms with Gasteiger partial charge in [0.1, 0.15) is 6.42 Å². The molecule has 6 heteroatoms. The molecule has 2 aromatic heterocycles. The second kappa shape index (κ2) is 7.74. The fourth-order valence-electron chi connectivity index (χ4n) is 1.68. The molecule has 0 bridgehead atoms. The normalized spacial score (nSPS) is 9.90. The minimum absolute atomic E-state index is 0.189. The molecule has 0 aliphatic carbocycles. The second-order valence-corrected chi connectivity index (χ2v) is 4.45. The third-order valence-corrected chi connectivity index (χ3v) is 2.77. The molecule has 2 amide bonds. The van der Waals surface area contributed by atoms with Crippen molar-refractivity contribution in [2.24, 2.45) is 0 Å². The minimum Gasteiger partial charge on any atom is -0.352 e. The van der Waals surface area contributed by atoms with Crippen LogP contribution in [0.1, 0.15) is 17.5 Å². The van der Waals surface area contributed by atoms with E-state index < -0.39 is 0 Å². The quantitative estimate of drug-likeness (QED) is 0.768. The molecule has 0 saturated carbocycles. The number of nitrogens with zero attached hydrogens (tertiary/aromatic N) is 2. The molecule has 6 nitrogen and oxygen atoms in total. The van der Waals surface area contributed by atoms with E-state index in [9.17, 15) is 9.59 Å². The number of aromatic nitrogens is 2. The smallest absolute Gasteiger partial charge is 0.229 e. The van der Waals surface area contributed by atoms with Crippen LogP contribution in [-0.2, 0) is 22.7 Å². The maximum atomic E-state index is 11.6. The van der Waals surface area contributed by atoms with E-state index in [4.69, 9.17) is 0 Å². The maximum Gasteiger partial charge on any atom is 0.229 e. The zero-order valence-corrected chi connectivity index (χ0v) is 11.5. The Kier molecular flexibility index (Phi) is 5.40. The largest absolute Gasteiger partial charge is 0.352 e. The van der Waals surface area contributed by atoms with Crippen molar-refractivity contribution in [2.45, 2.75) is 19.5 Å². The molecule has 0 aliphatic rings. The topological polar surface area (TPSA) is 84.0 Å². The predicted octanol–water partition coefficient (Wildman–Crippen LogP) is 0.799. The predicted molar refractivity (Wildman–Crippen MR) is 76.8 cm³/mol. The molecule has 0 fully saturated rings. The maximum absolute atomic E-state index is 11.6. The number of hydrogen-bond acceptors (Lipinski definition) is 4. The zero-order valence-electron chi connectivity index (χ0n) is 11.5. The summed E-state index contributed by atoms with van der Waals surface area (Å²) in [5, 5.41) is 5.37. The number of pyridine rings is 2. The third kappa shape index (κ3) is 5.40. The lowest BCUT2D eigenvalue weighted by Gasteiger charge is -2.06. The average Bonchev–Trinajstić information content (AvgIpc) is 2.53. The van der Waals surface area contributed by atoms with Gasteiger partial charge in [-0.3, -0.25) is 19.6 Å². The molecule has 0 radical (unpaired) electrons. The summed E-state index contributed by atoms with van der Waals surface area (Å²) in [5.41, 5.74) is 1.83. The highest BCUT2D eigenvalue weighted by atomic mass is 16.2. The third-order valence-electron chi connectivity index (χ3n) is 2.77. The Morgan fingerprint density at radius 3 is 2.14 bits per heavy atom. The average molecular weight is 284 g/mol. The van der Waals surface area contributed by atoms with Gasteiger partial charge < -0.3 is 10.6 Å². The molecule has 2 N–H and O–H groups in total. The summed E-state index contributed by atoms with van der Waals surface area (Å²) in [6.07, 6.45) is 6.46. The molecule has 0 spiro atoms. The van der Waals surface area contributed by atoms with Gasteiger partial charge in [0.2, 0.25) is 11.8 Å². The van der Waals surface area contributed by atoms with Crippen LogP contribution in [0.3, 0.4) is 0 Å². The van der Waals surface area contributed by atoms with Gasteiger partial charge in [0.05, 0.1) is 0 Å². The van der Waals surface area contributed by atoms with Crippen molar-refractivity contribution < 1.29 is 9.59 Å². The fourth-order valence-corrected chi connectivity index (χ4v) is 1.68. The van der Waals surface area contributed by atoms with Gasteiger partial charge in [0, 0.05) is 37.9 Å². The van der Waals surface area contributed by atoms with Crippen LogP contribution in [0.2, 0.25) is 0 Å². The molecule has 2 rings (SSSR count).